The quantitative estimate of drug-likeness (QED) is 0.569. The summed E-state index contributed by atoms with van der Waals surface area (Å²) in [6.07, 6.45) is 0. The minimum atomic E-state index is -0.487. The molecule has 1 N–H and O–H groups in total. The molecule has 0 spiro atoms. The number of nitrogens with one attached hydrogen (secondary N) is 1. The van der Waals surface area contributed by atoms with Crippen LogP contribution in [0.15, 0.2) is 47.4 Å². The molecule has 0 aliphatic rings. The van der Waals surface area contributed by atoms with Gasteiger partial charge in [0.2, 0.25) is 5.91 Å². The van der Waals surface area contributed by atoms with Gasteiger partial charge in [0.25, 0.3) is 0 Å². The van der Waals surface area contributed by atoms with E-state index in [0.29, 0.717) is 10.7 Å². The number of carbonyl (C=O) groups is 2. The zero-order valence-electron chi connectivity index (χ0n) is 12.8. The third-order valence-electron chi connectivity index (χ3n) is 2.93. The van der Waals surface area contributed by atoms with Gasteiger partial charge >= 0.3 is 5.97 Å². The molecule has 0 heterocycles. The minimum Gasteiger partial charge on any atom is -0.462 e. The Morgan fingerprint density at radius 1 is 1.12 bits per heavy atom. The van der Waals surface area contributed by atoms with Crippen molar-refractivity contribution in [2.45, 2.75) is 11.8 Å². The van der Waals surface area contributed by atoms with E-state index in [1.807, 2.05) is 12.1 Å². The Morgan fingerprint density at radius 2 is 1.83 bits per heavy atom. The zero-order valence-corrected chi connectivity index (χ0v) is 15.2. The highest BCUT2D eigenvalue weighted by Gasteiger charge is 2.12. The number of thioether (sulfide) groups is 1. The summed E-state index contributed by atoms with van der Waals surface area (Å²) in [6.45, 7) is 1.99. The first-order valence-corrected chi connectivity index (χ1v) is 8.88. The largest absolute Gasteiger partial charge is 0.462 e. The van der Waals surface area contributed by atoms with E-state index < -0.39 is 5.97 Å². The Labute approximate surface area is 154 Å². The second kappa shape index (κ2) is 8.97. The lowest BCUT2D eigenvalue weighted by molar-refractivity contribution is -0.113. The van der Waals surface area contributed by atoms with Crippen molar-refractivity contribution in [3.8, 4) is 0 Å². The summed E-state index contributed by atoms with van der Waals surface area (Å²) in [5.41, 5.74) is 0.793. The molecule has 2 rings (SSSR count). The molecule has 2 aromatic rings. The maximum absolute atomic E-state index is 12.0. The van der Waals surface area contributed by atoms with Crippen LogP contribution in [-0.2, 0) is 9.53 Å². The lowest BCUT2D eigenvalue weighted by atomic mass is 10.2. The SMILES string of the molecule is CCOC(=O)c1ccc(NC(=O)CSc2ccc(Cl)cc2)cc1Cl. The number of anilines is 1. The van der Waals surface area contributed by atoms with E-state index in [9.17, 15) is 9.59 Å². The van der Waals surface area contributed by atoms with Gasteiger partial charge in [-0.15, -0.1) is 11.8 Å². The van der Waals surface area contributed by atoms with Gasteiger partial charge in [-0.3, -0.25) is 4.79 Å². The average Bonchev–Trinajstić information content (AvgIpc) is 2.54. The number of esters is 1. The van der Waals surface area contributed by atoms with Crippen LogP contribution in [0.3, 0.4) is 0 Å². The highest BCUT2D eigenvalue weighted by Crippen LogP contribution is 2.23. The molecular weight excluding hydrogens is 369 g/mol. The summed E-state index contributed by atoms with van der Waals surface area (Å²) >= 11 is 13.3. The van der Waals surface area contributed by atoms with Crippen molar-refractivity contribution in [1.29, 1.82) is 0 Å². The molecule has 0 saturated carbocycles. The molecule has 1 amide bonds. The first-order valence-electron chi connectivity index (χ1n) is 7.14. The highest BCUT2D eigenvalue weighted by atomic mass is 35.5. The Hall–Kier alpha value is -1.69. The third-order valence-corrected chi connectivity index (χ3v) is 4.51. The van der Waals surface area contributed by atoms with Gasteiger partial charge in [0.1, 0.15) is 0 Å². The normalized spacial score (nSPS) is 10.3. The van der Waals surface area contributed by atoms with Crippen molar-refractivity contribution in [3.05, 3.63) is 58.1 Å². The van der Waals surface area contributed by atoms with Gasteiger partial charge in [-0.1, -0.05) is 23.2 Å². The van der Waals surface area contributed by atoms with Crippen molar-refractivity contribution < 1.29 is 14.3 Å². The van der Waals surface area contributed by atoms with Gasteiger partial charge in [0, 0.05) is 15.6 Å². The number of halogens is 2. The number of benzene rings is 2. The Balaban J connectivity index is 1.93. The fourth-order valence-corrected chi connectivity index (χ4v) is 2.93. The molecule has 0 bridgehead atoms. The molecule has 4 nitrogen and oxygen atoms in total. The summed E-state index contributed by atoms with van der Waals surface area (Å²) in [7, 11) is 0. The third kappa shape index (κ3) is 5.44. The first-order chi connectivity index (χ1) is 11.5. The fourth-order valence-electron chi connectivity index (χ4n) is 1.84. The van der Waals surface area contributed by atoms with Crippen LogP contribution in [0.1, 0.15) is 17.3 Å². The molecule has 7 heteroatoms. The van der Waals surface area contributed by atoms with Crippen LogP contribution in [0.4, 0.5) is 5.69 Å². The first kappa shape index (κ1) is 18.6. The molecule has 0 aliphatic carbocycles. The van der Waals surface area contributed by atoms with Crippen molar-refractivity contribution in [1.82, 2.24) is 0 Å². The highest BCUT2D eigenvalue weighted by molar-refractivity contribution is 8.00. The lowest BCUT2D eigenvalue weighted by Crippen LogP contribution is -2.14. The molecule has 0 atom stereocenters. The average molecular weight is 384 g/mol. The second-order valence-corrected chi connectivity index (χ2v) is 6.60. The standard InChI is InChI=1S/C17H15Cl2NO3S/c1-2-23-17(22)14-8-5-12(9-15(14)19)20-16(21)10-24-13-6-3-11(18)4-7-13/h3-9H,2,10H2,1H3,(H,20,21). The maximum atomic E-state index is 12.0. The number of hydrogen-bond acceptors (Lipinski definition) is 4. The Morgan fingerprint density at radius 3 is 2.46 bits per heavy atom. The van der Waals surface area contributed by atoms with E-state index in [1.165, 1.54) is 23.9 Å². The monoisotopic (exact) mass is 383 g/mol. The van der Waals surface area contributed by atoms with Gasteiger partial charge in [-0.2, -0.15) is 0 Å². The van der Waals surface area contributed by atoms with E-state index in [0.717, 1.165) is 4.90 Å². The number of amides is 1. The molecule has 2 aromatic carbocycles. The van der Waals surface area contributed by atoms with E-state index in [4.69, 9.17) is 27.9 Å². The van der Waals surface area contributed by atoms with Crippen LogP contribution < -0.4 is 5.32 Å². The molecule has 0 aromatic heterocycles. The molecule has 126 valence electrons. The molecule has 24 heavy (non-hydrogen) atoms. The summed E-state index contributed by atoms with van der Waals surface area (Å²) in [6, 6.07) is 11.9. The fraction of sp³-hybridized carbons (Fsp3) is 0.176. The second-order valence-electron chi connectivity index (χ2n) is 4.71. The summed E-state index contributed by atoms with van der Waals surface area (Å²) in [5, 5.41) is 3.63. The van der Waals surface area contributed by atoms with Crippen molar-refractivity contribution in [3.63, 3.8) is 0 Å². The maximum Gasteiger partial charge on any atom is 0.339 e. The smallest absolute Gasteiger partial charge is 0.339 e. The number of rotatable bonds is 6. The summed E-state index contributed by atoms with van der Waals surface area (Å²) in [4.78, 5) is 24.6. The van der Waals surface area contributed by atoms with Gasteiger partial charge < -0.3 is 10.1 Å². The van der Waals surface area contributed by atoms with Crippen LogP contribution in [0, 0.1) is 0 Å². The molecule has 0 saturated heterocycles. The molecule has 0 aliphatic heterocycles. The van der Waals surface area contributed by atoms with E-state index in [2.05, 4.69) is 5.32 Å². The van der Waals surface area contributed by atoms with E-state index in [-0.39, 0.29) is 28.9 Å². The van der Waals surface area contributed by atoms with E-state index in [1.54, 1.807) is 25.1 Å². The van der Waals surface area contributed by atoms with Crippen LogP contribution in [0.25, 0.3) is 0 Å². The Bertz CT molecular complexity index is 735. The van der Waals surface area contributed by atoms with Crippen molar-refractivity contribution in [2.75, 3.05) is 17.7 Å². The number of ether oxygens (including phenoxy) is 1. The van der Waals surface area contributed by atoms with Gasteiger partial charge in [-0.05, 0) is 49.4 Å². The molecule has 0 radical (unpaired) electrons. The van der Waals surface area contributed by atoms with Gasteiger partial charge in [-0.25, -0.2) is 4.79 Å². The van der Waals surface area contributed by atoms with E-state index >= 15 is 0 Å². The van der Waals surface area contributed by atoms with Gasteiger partial charge in [0.15, 0.2) is 0 Å². The van der Waals surface area contributed by atoms with Crippen LogP contribution in [0.5, 0.6) is 0 Å². The number of hydrogen-bond donors (Lipinski definition) is 1. The van der Waals surface area contributed by atoms with Crippen molar-refractivity contribution >= 4 is 52.5 Å². The zero-order chi connectivity index (χ0) is 17.5. The molecule has 0 unspecified atom stereocenters. The minimum absolute atomic E-state index is 0.171. The topological polar surface area (TPSA) is 55.4 Å². The van der Waals surface area contributed by atoms with Crippen molar-refractivity contribution in [2.24, 2.45) is 0 Å². The predicted molar refractivity (Wildman–Crippen MR) is 98.2 cm³/mol. The van der Waals surface area contributed by atoms with Crippen LogP contribution in [0.2, 0.25) is 10.0 Å². The molecular formula is C17H15Cl2NO3S. The van der Waals surface area contributed by atoms with Gasteiger partial charge in [0.05, 0.1) is 22.9 Å². The Kier molecular flexibility index (Phi) is 6.97. The lowest BCUT2D eigenvalue weighted by Gasteiger charge is -2.08. The predicted octanol–water partition coefficient (Wildman–Crippen LogP) is 4.90. The molecule has 0 fully saturated rings. The number of carbonyl (C=O) groups excluding carboxylic acids is 2. The van der Waals surface area contributed by atoms with Crippen LogP contribution >= 0.6 is 35.0 Å². The summed E-state index contributed by atoms with van der Waals surface area (Å²) in [5.74, 6) is -0.410. The van der Waals surface area contributed by atoms with Crippen LogP contribution in [-0.4, -0.2) is 24.2 Å². The summed E-state index contributed by atoms with van der Waals surface area (Å²) < 4.78 is 4.90.